The van der Waals surface area contributed by atoms with Crippen molar-refractivity contribution >= 4 is 38.8 Å². The van der Waals surface area contributed by atoms with Gasteiger partial charge in [-0.05, 0) is 42.5 Å². The highest BCUT2D eigenvalue weighted by Gasteiger charge is 2.05. The van der Waals surface area contributed by atoms with Crippen LogP contribution in [0.25, 0.3) is 10.2 Å². The maximum absolute atomic E-state index is 11.9. The second kappa shape index (κ2) is 5.80. The van der Waals surface area contributed by atoms with Crippen LogP contribution in [-0.2, 0) is 4.79 Å². The zero-order valence-corrected chi connectivity index (χ0v) is 11.9. The van der Waals surface area contributed by atoms with Crippen LogP contribution in [0, 0.1) is 0 Å². The van der Waals surface area contributed by atoms with Crippen LogP contribution in [0.4, 0.5) is 11.4 Å². The van der Waals surface area contributed by atoms with Crippen molar-refractivity contribution in [3.05, 3.63) is 48.0 Å². The quantitative estimate of drug-likeness (QED) is 0.726. The fraction of sp³-hybridized carbons (Fsp3) is 0.0667. The molecule has 1 amide bonds. The van der Waals surface area contributed by atoms with Crippen molar-refractivity contribution in [1.29, 1.82) is 0 Å². The lowest BCUT2D eigenvalue weighted by Crippen LogP contribution is -2.20. The molecule has 0 saturated carbocycles. The van der Waals surface area contributed by atoms with E-state index in [0.29, 0.717) is 11.4 Å². The summed E-state index contributed by atoms with van der Waals surface area (Å²) in [6, 6.07) is 12.5. The molecule has 0 atom stereocenters. The molecule has 0 aliphatic rings. The van der Waals surface area contributed by atoms with Crippen molar-refractivity contribution in [2.45, 2.75) is 0 Å². The van der Waals surface area contributed by atoms with E-state index in [0.717, 1.165) is 15.9 Å². The Balaban J connectivity index is 1.59. The molecule has 5 nitrogen and oxygen atoms in total. The van der Waals surface area contributed by atoms with Crippen LogP contribution >= 0.6 is 11.3 Å². The normalized spacial score (nSPS) is 10.5. The first-order valence-corrected chi connectivity index (χ1v) is 7.20. The predicted molar refractivity (Wildman–Crippen MR) is 84.6 cm³/mol. The number of carbonyl (C=O) groups is 1. The van der Waals surface area contributed by atoms with Gasteiger partial charge in [-0.15, -0.1) is 11.3 Å². The van der Waals surface area contributed by atoms with E-state index in [4.69, 9.17) is 10.5 Å². The van der Waals surface area contributed by atoms with Gasteiger partial charge in [-0.2, -0.15) is 0 Å². The number of carbonyl (C=O) groups excluding carboxylic acids is 1. The van der Waals surface area contributed by atoms with Gasteiger partial charge >= 0.3 is 0 Å². The van der Waals surface area contributed by atoms with E-state index in [1.807, 2.05) is 18.2 Å². The monoisotopic (exact) mass is 299 g/mol. The largest absolute Gasteiger partial charge is 0.484 e. The van der Waals surface area contributed by atoms with Gasteiger partial charge < -0.3 is 15.8 Å². The number of rotatable bonds is 4. The summed E-state index contributed by atoms with van der Waals surface area (Å²) in [6.07, 6.45) is 0. The Morgan fingerprint density at radius 3 is 2.86 bits per heavy atom. The van der Waals surface area contributed by atoms with Crippen molar-refractivity contribution < 1.29 is 9.53 Å². The molecule has 1 aromatic heterocycles. The van der Waals surface area contributed by atoms with Gasteiger partial charge in [-0.25, -0.2) is 4.98 Å². The van der Waals surface area contributed by atoms with Gasteiger partial charge in [0.2, 0.25) is 0 Å². The lowest BCUT2D eigenvalue weighted by molar-refractivity contribution is -0.118. The molecule has 0 spiro atoms. The Morgan fingerprint density at radius 2 is 2.05 bits per heavy atom. The molecule has 0 bridgehead atoms. The molecule has 0 aliphatic heterocycles. The zero-order valence-electron chi connectivity index (χ0n) is 11.1. The average Bonchev–Trinajstić information content (AvgIpc) is 2.94. The molecule has 0 aliphatic carbocycles. The predicted octanol–water partition coefficient (Wildman–Crippen LogP) is 2.90. The van der Waals surface area contributed by atoms with Crippen molar-refractivity contribution in [3.8, 4) is 5.75 Å². The third kappa shape index (κ3) is 3.29. The van der Waals surface area contributed by atoms with Gasteiger partial charge in [-0.3, -0.25) is 4.79 Å². The number of aromatic nitrogens is 1. The number of nitrogen functional groups attached to an aromatic ring is 1. The highest BCUT2D eigenvalue weighted by Crippen LogP contribution is 2.21. The molecule has 21 heavy (non-hydrogen) atoms. The lowest BCUT2D eigenvalue weighted by Gasteiger charge is -2.07. The summed E-state index contributed by atoms with van der Waals surface area (Å²) < 4.78 is 6.42. The van der Waals surface area contributed by atoms with E-state index in [9.17, 15) is 4.79 Å². The van der Waals surface area contributed by atoms with E-state index in [2.05, 4.69) is 10.3 Å². The van der Waals surface area contributed by atoms with E-state index in [1.165, 1.54) is 11.3 Å². The summed E-state index contributed by atoms with van der Waals surface area (Å²) >= 11 is 1.53. The molecule has 6 heteroatoms. The van der Waals surface area contributed by atoms with Crippen LogP contribution in [0.1, 0.15) is 0 Å². The minimum atomic E-state index is -0.212. The SMILES string of the molecule is Nc1ccc(OCC(=O)Nc2ccc3ncsc3c2)cc1. The number of nitrogens with one attached hydrogen (secondary N) is 1. The summed E-state index contributed by atoms with van der Waals surface area (Å²) in [6.45, 7) is -0.0509. The second-order valence-corrected chi connectivity index (χ2v) is 5.33. The summed E-state index contributed by atoms with van der Waals surface area (Å²) in [4.78, 5) is 16.0. The number of nitrogens with zero attached hydrogens (tertiary/aromatic N) is 1. The molecular formula is C15H13N3O2S. The maximum Gasteiger partial charge on any atom is 0.262 e. The standard InChI is InChI=1S/C15H13N3O2S/c16-10-1-4-12(5-2-10)20-8-15(19)18-11-3-6-13-14(7-11)21-9-17-13/h1-7,9H,8,16H2,(H,18,19). The van der Waals surface area contributed by atoms with Crippen molar-refractivity contribution in [1.82, 2.24) is 4.98 Å². The van der Waals surface area contributed by atoms with E-state index in [-0.39, 0.29) is 12.5 Å². The smallest absolute Gasteiger partial charge is 0.262 e. The van der Waals surface area contributed by atoms with E-state index < -0.39 is 0 Å². The molecular weight excluding hydrogens is 286 g/mol. The first kappa shape index (κ1) is 13.4. The number of benzene rings is 2. The third-order valence-corrected chi connectivity index (χ3v) is 3.66. The van der Waals surface area contributed by atoms with Crippen molar-refractivity contribution in [2.75, 3.05) is 17.7 Å². The van der Waals surface area contributed by atoms with Crippen LogP contribution < -0.4 is 15.8 Å². The van der Waals surface area contributed by atoms with E-state index >= 15 is 0 Å². The molecule has 2 aromatic carbocycles. The summed E-state index contributed by atoms with van der Waals surface area (Å²) in [5, 5.41) is 2.80. The van der Waals surface area contributed by atoms with Crippen LogP contribution in [0.2, 0.25) is 0 Å². The third-order valence-electron chi connectivity index (χ3n) is 2.87. The fourth-order valence-corrected chi connectivity index (χ4v) is 2.56. The second-order valence-electron chi connectivity index (χ2n) is 4.44. The molecule has 0 radical (unpaired) electrons. The lowest BCUT2D eigenvalue weighted by atomic mass is 10.3. The number of fused-ring (bicyclic) bond motifs is 1. The van der Waals surface area contributed by atoms with Crippen LogP contribution in [0.15, 0.2) is 48.0 Å². The number of ether oxygens (including phenoxy) is 1. The number of hydrogen-bond acceptors (Lipinski definition) is 5. The van der Waals surface area contributed by atoms with Crippen molar-refractivity contribution in [2.24, 2.45) is 0 Å². The molecule has 3 N–H and O–H groups in total. The van der Waals surface area contributed by atoms with Gasteiger partial charge in [-0.1, -0.05) is 0 Å². The molecule has 3 aromatic rings. The maximum atomic E-state index is 11.9. The Hall–Kier alpha value is -2.60. The summed E-state index contributed by atoms with van der Waals surface area (Å²) in [5.74, 6) is 0.396. The van der Waals surface area contributed by atoms with Gasteiger partial charge in [0.1, 0.15) is 5.75 Å². The first-order chi connectivity index (χ1) is 10.2. The number of anilines is 2. The van der Waals surface area contributed by atoms with Gasteiger partial charge in [0, 0.05) is 11.4 Å². The van der Waals surface area contributed by atoms with E-state index in [1.54, 1.807) is 29.8 Å². The Labute approximate surface area is 125 Å². The summed E-state index contributed by atoms with van der Waals surface area (Å²) in [7, 11) is 0. The summed E-state index contributed by atoms with van der Waals surface area (Å²) in [5.41, 5.74) is 9.68. The number of nitrogens with two attached hydrogens (primary N) is 1. The molecule has 0 saturated heterocycles. The van der Waals surface area contributed by atoms with Gasteiger partial charge in [0.25, 0.3) is 5.91 Å². The molecule has 1 heterocycles. The van der Waals surface area contributed by atoms with Crippen molar-refractivity contribution in [3.63, 3.8) is 0 Å². The Bertz CT molecular complexity index is 768. The minimum absolute atomic E-state index is 0.0509. The van der Waals surface area contributed by atoms with Crippen LogP contribution in [0.3, 0.4) is 0 Å². The van der Waals surface area contributed by atoms with Gasteiger partial charge in [0.05, 0.1) is 15.7 Å². The van der Waals surface area contributed by atoms with Crippen LogP contribution in [0.5, 0.6) is 5.75 Å². The average molecular weight is 299 g/mol. The highest BCUT2D eigenvalue weighted by molar-refractivity contribution is 7.16. The number of thiazole rings is 1. The highest BCUT2D eigenvalue weighted by atomic mass is 32.1. The van der Waals surface area contributed by atoms with Crippen LogP contribution in [-0.4, -0.2) is 17.5 Å². The topological polar surface area (TPSA) is 77.2 Å². The zero-order chi connectivity index (χ0) is 14.7. The minimum Gasteiger partial charge on any atom is -0.484 e. The molecule has 0 fully saturated rings. The fourth-order valence-electron chi connectivity index (χ4n) is 1.84. The first-order valence-electron chi connectivity index (χ1n) is 6.32. The number of amides is 1. The number of hydrogen-bond donors (Lipinski definition) is 2. The Kier molecular flexibility index (Phi) is 3.70. The molecule has 3 rings (SSSR count). The Morgan fingerprint density at radius 1 is 1.24 bits per heavy atom. The van der Waals surface area contributed by atoms with Gasteiger partial charge in [0.15, 0.2) is 6.61 Å². The molecule has 106 valence electrons. The molecule has 0 unspecified atom stereocenters.